The Morgan fingerprint density at radius 2 is 1.59 bits per heavy atom. The molecule has 0 radical (unpaired) electrons. The molecule has 2 aliphatic rings. The molecule has 1 saturated heterocycles. The van der Waals surface area contributed by atoms with Gasteiger partial charge < -0.3 is 10.2 Å². The zero-order chi connectivity index (χ0) is 29.9. The lowest BCUT2D eigenvalue weighted by atomic mass is 9.83. The Balaban J connectivity index is 1.66. The fraction of sp³-hybridized carbons (Fsp3) is 0.567. The van der Waals surface area contributed by atoms with E-state index in [0.29, 0.717) is 43.5 Å². The smallest absolute Gasteiger partial charge is 0.344 e. The molecule has 2 amide bonds. The van der Waals surface area contributed by atoms with Crippen molar-refractivity contribution in [2.45, 2.75) is 89.7 Å². The maximum Gasteiger partial charge on any atom is 0.416 e. The predicted octanol–water partition coefficient (Wildman–Crippen LogP) is 7.56. The van der Waals surface area contributed by atoms with Gasteiger partial charge in [0.05, 0.1) is 22.9 Å². The number of carbonyl (C=O) groups excluding carboxylic acids is 2. The first-order valence-electron chi connectivity index (χ1n) is 14.2. The number of hydrogen-bond donors (Lipinski definition) is 1. The molecular formula is C30H35F6N3O2. The molecule has 3 unspecified atom stereocenters. The van der Waals surface area contributed by atoms with Crippen molar-refractivity contribution < 1.29 is 35.9 Å². The van der Waals surface area contributed by atoms with Gasteiger partial charge in [-0.2, -0.15) is 26.3 Å². The van der Waals surface area contributed by atoms with Crippen LogP contribution in [0.2, 0.25) is 0 Å². The van der Waals surface area contributed by atoms with Gasteiger partial charge in [-0.15, -0.1) is 0 Å². The van der Waals surface area contributed by atoms with Crippen LogP contribution in [0.25, 0.3) is 11.3 Å². The van der Waals surface area contributed by atoms with Crippen LogP contribution in [0, 0.1) is 11.8 Å². The van der Waals surface area contributed by atoms with Crippen LogP contribution in [0.15, 0.2) is 36.5 Å². The van der Waals surface area contributed by atoms with E-state index in [1.807, 2.05) is 13.8 Å². The van der Waals surface area contributed by atoms with Gasteiger partial charge in [0, 0.05) is 24.2 Å². The van der Waals surface area contributed by atoms with Crippen LogP contribution in [0.3, 0.4) is 0 Å². The van der Waals surface area contributed by atoms with Crippen LogP contribution in [-0.2, 0) is 21.9 Å². The Kier molecular flexibility index (Phi) is 9.33. The molecule has 1 aliphatic heterocycles. The van der Waals surface area contributed by atoms with Crippen molar-refractivity contribution in [3.8, 4) is 11.3 Å². The van der Waals surface area contributed by atoms with E-state index in [1.54, 1.807) is 11.0 Å². The molecule has 1 aromatic heterocycles. The molecular weight excluding hydrogens is 548 g/mol. The quantitative estimate of drug-likeness (QED) is 0.342. The second kappa shape index (κ2) is 12.4. The standard InChI is InChI=1S/C30H35F6N3O2/c1-3-18(2)27(40)38-26(19-8-5-4-6-9-19)28(41)39-13-7-10-25(39)20-11-12-37-24(16-20)21-14-22(29(31,32)33)17-23(15-21)30(34,35)36/h11-12,14-19,25-26H,3-10,13H2,1-2H3,(H,38,40). The number of nitrogens with zero attached hydrogens (tertiary/aromatic N) is 2. The maximum atomic E-state index is 14.0. The summed E-state index contributed by atoms with van der Waals surface area (Å²) in [6, 6.07) is 3.36. The summed E-state index contributed by atoms with van der Waals surface area (Å²) in [7, 11) is 0. The van der Waals surface area contributed by atoms with Gasteiger partial charge in [0.1, 0.15) is 6.04 Å². The highest BCUT2D eigenvalue weighted by molar-refractivity contribution is 5.89. The van der Waals surface area contributed by atoms with Crippen molar-refractivity contribution in [2.75, 3.05) is 6.54 Å². The van der Waals surface area contributed by atoms with E-state index in [1.165, 1.54) is 12.3 Å². The van der Waals surface area contributed by atoms with Gasteiger partial charge in [-0.25, -0.2) is 0 Å². The molecule has 1 saturated carbocycles. The summed E-state index contributed by atoms with van der Waals surface area (Å²) < 4.78 is 80.7. The largest absolute Gasteiger partial charge is 0.416 e. The Morgan fingerprint density at radius 3 is 2.17 bits per heavy atom. The van der Waals surface area contributed by atoms with E-state index in [-0.39, 0.29) is 41.0 Å². The number of benzene rings is 1. The Labute approximate surface area is 235 Å². The summed E-state index contributed by atoms with van der Waals surface area (Å²) >= 11 is 0. The number of alkyl halides is 6. The second-order valence-electron chi connectivity index (χ2n) is 11.2. The first-order valence-corrected chi connectivity index (χ1v) is 14.2. The SMILES string of the molecule is CCC(C)C(=O)NC(C(=O)N1CCCC1c1ccnc(-c2cc(C(F)(F)F)cc(C(F)(F)F)c2)c1)C1CCCCC1. The number of rotatable bonds is 7. The van der Waals surface area contributed by atoms with Gasteiger partial charge in [0.2, 0.25) is 11.8 Å². The third-order valence-corrected chi connectivity index (χ3v) is 8.33. The van der Waals surface area contributed by atoms with Crippen molar-refractivity contribution in [3.63, 3.8) is 0 Å². The molecule has 1 N–H and O–H groups in total. The van der Waals surface area contributed by atoms with Gasteiger partial charge in [-0.3, -0.25) is 14.6 Å². The van der Waals surface area contributed by atoms with Crippen molar-refractivity contribution in [1.29, 1.82) is 0 Å². The maximum absolute atomic E-state index is 14.0. The summed E-state index contributed by atoms with van der Waals surface area (Å²) in [6.45, 7) is 4.15. The Hall–Kier alpha value is -3.11. The first-order chi connectivity index (χ1) is 19.3. The number of nitrogens with one attached hydrogen (secondary N) is 1. The van der Waals surface area contributed by atoms with Gasteiger partial charge >= 0.3 is 12.4 Å². The number of hydrogen-bond acceptors (Lipinski definition) is 3. The molecule has 1 aliphatic carbocycles. The molecule has 1 aromatic carbocycles. The number of amides is 2. The number of carbonyl (C=O) groups is 2. The minimum Gasteiger partial charge on any atom is -0.344 e. The lowest BCUT2D eigenvalue weighted by Gasteiger charge is -2.35. The fourth-order valence-corrected chi connectivity index (χ4v) is 5.80. The summed E-state index contributed by atoms with van der Waals surface area (Å²) in [5, 5.41) is 3.01. The number of pyridine rings is 1. The van der Waals surface area contributed by atoms with Crippen LogP contribution in [0.1, 0.15) is 87.9 Å². The minimum absolute atomic E-state index is 0.00408. The Bertz CT molecular complexity index is 1210. The third-order valence-electron chi connectivity index (χ3n) is 8.33. The van der Waals surface area contributed by atoms with E-state index >= 15 is 0 Å². The van der Waals surface area contributed by atoms with E-state index < -0.39 is 35.6 Å². The van der Waals surface area contributed by atoms with E-state index in [4.69, 9.17) is 0 Å². The van der Waals surface area contributed by atoms with Gasteiger partial charge in [-0.05, 0) is 73.9 Å². The monoisotopic (exact) mass is 583 g/mol. The van der Waals surface area contributed by atoms with Crippen LogP contribution < -0.4 is 5.32 Å². The summed E-state index contributed by atoms with van der Waals surface area (Å²) in [5.74, 6) is -0.624. The third kappa shape index (κ3) is 7.22. The lowest BCUT2D eigenvalue weighted by Crippen LogP contribution is -2.53. The summed E-state index contributed by atoms with van der Waals surface area (Å²) in [4.78, 5) is 32.6. The van der Waals surface area contributed by atoms with E-state index in [0.717, 1.165) is 32.1 Å². The molecule has 0 spiro atoms. The van der Waals surface area contributed by atoms with Gasteiger partial charge in [0.15, 0.2) is 0 Å². The number of likely N-dealkylation sites (tertiary alicyclic amines) is 1. The second-order valence-corrected chi connectivity index (χ2v) is 11.2. The van der Waals surface area contributed by atoms with Crippen LogP contribution in [0.4, 0.5) is 26.3 Å². The molecule has 11 heteroatoms. The molecule has 5 nitrogen and oxygen atoms in total. The molecule has 41 heavy (non-hydrogen) atoms. The zero-order valence-electron chi connectivity index (χ0n) is 23.1. The molecule has 2 heterocycles. The van der Waals surface area contributed by atoms with Crippen molar-refractivity contribution in [1.82, 2.24) is 15.2 Å². The zero-order valence-corrected chi connectivity index (χ0v) is 23.1. The topological polar surface area (TPSA) is 62.3 Å². The van der Waals surface area contributed by atoms with E-state index in [9.17, 15) is 35.9 Å². The van der Waals surface area contributed by atoms with E-state index in [2.05, 4.69) is 10.3 Å². The van der Waals surface area contributed by atoms with Gasteiger partial charge in [-0.1, -0.05) is 33.1 Å². The number of aromatic nitrogens is 1. The highest BCUT2D eigenvalue weighted by atomic mass is 19.4. The first kappa shape index (κ1) is 30.8. The fourth-order valence-electron chi connectivity index (χ4n) is 5.80. The predicted molar refractivity (Wildman–Crippen MR) is 141 cm³/mol. The van der Waals surface area contributed by atoms with Crippen LogP contribution in [0.5, 0.6) is 0 Å². The van der Waals surface area contributed by atoms with Crippen molar-refractivity contribution in [2.24, 2.45) is 11.8 Å². The van der Waals surface area contributed by atoms with Crippen molar-refractivity contribution >= 4 is 11.8 Å². The number of halogens is 6. The molecule has 4 rings (SSSR count). The van der Waals surface area contributed by atoms with Crippen LogP contribution in [-0.4, -0.2) is 34.3 Å². The molecule has 0 bridgehead atoms. The average Bonchev–Trinajstić information content (AvgIpc) is 3.44. The molecule has 2 fully saturated rings. The van der Waals surface area contributed by atoms with Crippen LogP contribution >= 0.6 is 0 Å². The average molecular weight is 584 g/mol. The van der Waals surface area contributed by atoms with Crippen molar-refractivity contribution in [3.05, 3.63) is 53.2 Å². The molecule has 2 aromatic rings. The summed E-state index contributed by atoms with van der Waals surface area (Å²) in [5.41, 5.74) is -2.63. The highest BCUT2D eigenvalue weighted by Crippen LogP contribution is 2.40. The lowest BCUT2D eigenvalue weighted by molar-refractivity contribution is -0.143. The minimum atomic E-state index is -4.98. The molecule has 3 atom stereocenters. The normalized spacial score (nSPS) is 20.1. The Morgan fingerprint density at radius 1 is 0.951 bits per heavy atom. The molecule has 224 valence electrons. The van der Waals surface area contributed by atoms with Gasteiger partial charge in [0.25, 0.3) is 0 Å². The summed E-state index contributed by atoms with van der Waals surface area (Å²) in [6.07, 6.45) is -2.06. The highest BCUT2D eigenvalue weighted by Gasteiger charge is 2.40.